The number of rotatable bonds is 5. The largest absolute Gasteiger partial charge is 0.445 e. The Morgan fingerprint density at radius 2 is 1.76 bits per heavy atom. The molecule has 2 amide bonds. The van der Waals surface area contributed by atoms with Gasteiger partial charge in [-0.15, -0.1) is 11.3 Å². The van der Waals surface area contributed by atoms with Gasteiger partial charge >= 0.3 is 6.09 Å². The molecule has 37 heavy (non-hydrogen) atoms. The Morgan fingerprint density at radius 1 is 1.08 bits per heavy atom. The lowest BCUT2D eigenvalue weighted by Gasteiger charge is -2.34. The van der Waals surface area contributed by atoms with Crippen LogP contribution in [0.4, 0.5) is 4.79 Å². The Morgan fingerprint density at radius 3 is 2.43 bits per heavy atom. The average Bonchev–Trinajstić information content (AvgIpc) is 3.63. The molecular weight excluding hydrogens is 484 g/mol. The van der Waals surface area contributed by atoms with Crippen molar-refractivity contribution in [2.24, 2.45) is 11.1 Å². The highest BCUT2D eigenvalue weighted by molar-refractivity contribution is 7.10. The first-order chi connectivity index (χ1) is 17.7. The van der Waals surface area contributed by atoms with Gasteiger partial charge in [0.15, 0.2) is 0 Å². The van der Waals surface area contributed by atoms with Gasteiger partial charge in [-0.2, -0.15) is 0 Å². The molecule has 0 radical (unpaired) electrons. The maximum Gasteiger partial charge on any atom is 0.410 e. The molecule has 3 aromatic rings. The summed E-state index contributed by atoms with van der Waals surface area (Å²) in [6.45, 7) is 7.18. The van der Waals surface area contributed by atoms with E-state index < -0.39 is 6.04 Å². The van der Waals surface area contributed by atoms with E-state index in [0.29, 0.717) is 19.5 Å². The molecule has 4 atom stereocenters. The summed E-state index contributed by atoms with van der Waals surface area (Å²) in [5.41, 5.74) is 8.95. The van der Waals surface area contributed by atoms with Gasteiger partial charge in [-0.25, -0.2) is 9.78 Å². The van der Waals surface area contributed by atoms with E-state index in [4.69, 9.17) is 15.5 Å². The van der Waals surface area contributed by atoms with Gasteiger partial charge in [-0.1, -0.05) is 81.4 Å². The maximum absolute atomic E-state index is 13.6. The molecule has 0 spiro atoms. The highest BCUT2D eigenvalue weighted by Gasteiger charge is 2.54. The third-order valence-electron chi connectivity index (χ3n) is 7.46. The highest BCUT2D eigenvalue weighted by Crippen LogP contribution is 2.43. The van der Waals surface area contributed by atoms with Crippen LogP contribution in [0, 0.1) is 5.41 Å². The lowest BCUT2D eigenvalue weighted by molar-refractivity contribution is -0.136. The number of aromatic nitrogens is 1. The quantitative estimate of drug-likeness (QED) is 0.520. The normalized spacial score (nSPS) is 22.1. The lowest BCUT2D eigenvalue weighted by Crippen LogP contribution is -2.53. The maximum atomic E-state index is 13.6. The van der Waals surface area contributed by atoms with E-state index in [1.54, 1.807) is 16.2 Å². The van der Waals surface area contributed by atoms with Crippen LogP contribution >= 0.6 is 11.3 Å². The first-order valence-electron chi connectivity index (χ1n) is 12.8. The number of amides is 2. The third kappa shape index (κ3) is 5.13. The summed E-state index contributed by atoms with van der Waals surface area (Å²) in [5.74, 6) is -0.167. The van der Waals surface area contributed by atoms with Crippen molar-refractivity contribution in [3.63, 3.8) is 0 Å². The fourth-order valence-corrected chi connectivity index (χ4v) is 6.28. The first kappa shape index (κ1) is 25.4. The minimum Gasteiger partial charge on any atom is -0.445 e. The zero-order valence-corrected chi connectivity index (χ0v) is 22.4. The number of nitrogens with zero attached hydrogens (tertiary/aromatic N) is 3. The molecule has 7 nitrogen and oxygen atoms in total. The molecule has 0 bridgehead atoms. The molecule has 0 unspecified atom stereocenters. The second-order valence-corrected chi connectivity index (χ2v) is 11.8. The number of hydrogen-bond acceptors (Lipinski definition) is 6. The van der Waals surface area contributed by atoms with Crippen LogP contribution in [0.15, 0.2) is 66.0 Å². The van der Waals surface area contributed by atoms with Crippen molar-refractivity contribution in [2.75, 3.05) is 13.1 Å². The van der Waals surface area contributed by atoms with Gasteiger partial charge in [-0.3, -0.25) is 4.79 Å². The summed E-state index contributed by atoms with van der Waals surface area (Å²) in [7, 11) is 0. The number of nitrogens with two attached hydrogens (primary N) is 1. The van der Waals surface area contributed by atoms with Crippen LogP contribution in [0.2, 0.25) is 0 Å². The molecule has 1 aromatic heterocycles. The SMILES string of the molecule is CC(C)(C)[C@H](N)C(=O)N1CC[C@@H]2[C@H]1[C@@H](c1nc(-c3ccccc3)cs1)CN2C(=O)OCc1ccccc1. The van der Waals surface area contributed by atoms with E-state index in [1.165, 1.54) is 0 Å². The molecule has 5 rings (SSSR count). The lowest BCUT2D eigenvalue weighted by atomic mass is 9.86. The van der Waals surface area contributed by atoms with Crippen LogP contribution in [0.3, 0.4) is 0 Å². The zero-order valence-electron chi connectivity index (χ0n) is 21.5. The van der Waals surface area contributed by atoms with Crippen LogP contribution in [0.1, 0.15) is 43.7 Å². The van der Waals surface area contributed by atoms with Crippen LogP contribution in [0.25, 0.3) is 11.3 Å². The van der Waals surface area contributed by atoms with Crippen molar-refractivity contribution in [2.45, 2.75) is 57.8 Å². The highest BCUT2D eigenvalue weighted by atomic mass is 32.1. The molecular formula is C29H34N4O3S. The van der Waals surface area contributed by atoms with Gasteiger partial charge in [0.25, 0.3) is 0 Å². The van der Waals surface area contributed by atoms with E-state index in [0.717, 1.165) is 21.8 Å². The summed E-state index contributed by atoms with van der Waals surface area (Å²) in [6, 6.07) is 18.8. The predicted octanol–water partition coefficient (Wildman–Crippen LogP) is 4.89. The Kier molecular flexibility index (Phi) is 7.05. The minimum atomic E-state index is -0.623. The van der Waals surface area contributed by atoms with Crippen molar-refractivity contribution < 1.29 is 14.3 Å². The Balaban J connectivity index is 1.42. The topological polar surface area (TPSA) is 88.8 Å². The van der Waals surface area contributed by atoms with Crippen LogP contribution < -0.4 is 5.73 Å². The Labute approximate surface area is 222 Å². The molecule has 2 aromatic carbocycles. The summed E-state index contributed by atoms with van der Waals surface area (Å²) in [4.78, 5) is 35.5. The number of carbonyl (C=O) groups is 2. The molecule has 194 valence electrons. The van der Waals surface area contributed by atoms with E-state index in [1.807, 2.05) is 86.3 Å². The van der Waals surface area contributed by atoms with Crippen molar-refractivity contribution in [3.8, 4) is 11.3 Å². The first-order valence-corrected chi connectivity index (χ1v) is 13.7. The molecule has 2 saturated heterocycles. The van der Waals surface area contributed by atoms with E-state index >= 15 is 0 Å². The predicted molar refractivity (Wildman–Crippen MR) is 145 cm³/mol. The molecule has 2 aliphatic rings. The van der Waals surface area contributed by atoms with Gasteiger partial charge in [0, 0.05) is 24.0 Å². The van der Waals surface area contributed by atoms with Crippen molar-refractivity contribution >= 4 is 23.3 Å². The fraction of sp³-hybridized carbons (Fsp3) is 0.414. The fourth-order valence-electron chi connectivity index (χ4n) is 5.32. The smallest absolute Gasteiger partial charge is 0.410 e. The van der Waals surface area contributed by atoms with E-state index in [2.05, 4.69) is 5.38 Å². The van der Waals surface area contributed by atoms with E-state index in [-0.39, 0.29) is 42.0 Å². The molecule has 0 aliphatic carbocycles. The molecule has 8 heteroatoms. The molecule has 3 heterocycles. The minimum absolute atomic E-state index is 0.0654. The standard InChI is InChI=1S/C29H34N4O3S/c1-29(2,3)25(30)27(34)32-15-14-23-24(32)21(26-31-22(18-37-26)20-12-8-5-9-13-20)16-33(23)28(35)36-17-19-10-6-4-7-11-19/h4-13,18,21,23-25H,14-17,30H2,1-3H3/t21-,23+,24+,25+/m0/s1. The monoisotopic (exact) mass is 518 g/mol. The number of ether oxygens (including phenoxy) is 1. The number of carbonyl (C=O) groups excluding carboxylic acids is 2. The molecule has 2 fully saturated rings. The number of benzene rings is 2. The summed E-state index contributed by atoms with van der Waals surface area (Å²) >= 11 is 1.58. The molecule has 2 aliphatic heterocycles. The Hall–Kier alpha value is -3.23. The summed E-state index contributed by atoms with van der Waals surface area (Å²) in [5, 5.41) is 2.98. The van der Waals surface area contributed by atoms with Crippen LogP contribution in [0.5, 0.6) is 0 Å². The summed E-state index contributed by atoms with van der Waals surface area (Å²) < 4.78 is 5.72. The number of likely N-dealkylation sites (tertiary alicyclic amines) is 2. The van der Waals surface area contributed by atoms with E-state index in [9.17, 15) is 9.59 Å². The average molecular weight is 519 g/mol. The van der Waals surface area contributed by atoms with Gasteiger partial charge in [0.05, 0.1) is 29.7 Å². The molecule has 0 saturated carbocycles. The molecule has 2 N–H and O–H groups in total. The zero-order chi connectivity index (χ0) is 26.2. The Bertz CT molecular complexity index is 1240. The summed E-state index contributed by atoms with van der Waals surface area (Å²) in [6.07, 6.45) is 0.344. The van der Waals surface area contributed by atoms with Crippen LogP contribution in [-0.4, -0.2) is 58.0 Å². The van der Waals surface area contributed by atoms with Crippen molar-refractivity contribution in [1.29, 1.82) is 0 Å². The van der Waals surface area contributed by atoms with Crippen molar-refractivity contribution in [3.05, 3.63) is 76.6 Å². The van der Waals surface area contributed by atoms with Gasteiger partial charge in [0.2, 0.25) is 5.91 Å². The number of hydrogen-bond donors (Lipinski definition) is 1. The second kappa shape index (κ2) is 10.3. The number of thiazole rings is 1. The van der Waals surface area contributed by atoms with Gasteiger partial charge in [0.1, 0.15) is 11.6 Å². The number of fused-ring (bicyclic) bond motifs is 1. The second-order valence-electron chi connectivity index (χ2n) is 11.0. The van der Waals surface area contributed by atoms with Gasteiger partial charge in [-0.05, 0) is 17.4 Å². The van der Waals surface area contributed by atoms with Crippen molar-refractivity contribution in [1.82, 2.24) is 14.8 Å². The van der Waals surface area contributed by atoms with Gasteiger partial charge < -0.3 is 20.3 Å². The third-order valence-corrected chi connectivity index (χ3v) is 8.43. The van der Waals surface area contributed by atoms with Crippen LogP contribution in [-0.2, 0) is 16.1 Å².